The molecule has 0 aromatic heterocycles. The molecule has 744 valence electrons. The fraction of sp³-hybridized carbons (Fsp3) is 0.917. The molecule has 10 rings (SSSR count). The molecule has 129 heavy (non-hydrogen) atoms. The third-order valence-corrected chi connectivity index (χ3v) is 23.3. The van der Waals surface area contributed by atoms with Crippen LogP contribution in [0.25, 0.3) is 0 Å². The molecular formula is C72H120N6O51. The van der Waals surface area contributed by atoms with E-state index in [2.05, 4.69) is 31.9 Å². The zero-order chi connectivity index (χ0) is 95.1. The van der Waals surface area contributed by atoms with Gasteiger partial charge in [-0.15, -0.1) is 0 Å². The summed E-state index contributed by atoms with van der Waals surface area (Å²) in [6, 6.07) is -11.8. The molecule has 32 N–H and O–H groups in total. The second kappa shape index (κ2) is 46.7. The van der Waals surface area contributed by atoms with Gasteiger partial charge in [0.05, 0.1) is 66.1 Å². The second-order valence-corrected chi connectivity index (χ2v) is 32.4. The number of amides is 6. The van der Waals surface area contributed by atoms with Crippen molar-refractivity contribution in [2.24, 2.45) is 0 Å². The highest BCUT2D eigenvalue weighted by molar-refractivity contribution is 5.75. The highest BCUT2D eigenvalue weighted by Gasteiger charge is 2.63. The SMILES string of the molecule is CC(=O)N[C@@H]1[C@H](O[C@H]2[C@H](O[C@H]3O[C@H](CO)[C@@H](O[C@@H]4O[C@H](CO)[C@@H](O)[C@H](O)[C@H]4NC(C)=O)[C@H](O)[C@@H]3O[C@@H]3O[C@H](CO)[C@@H](O[C@@H]4O[C@H](CO)[C@H](O)[C@H](O)[C@H]4O)[C@H](O)[C@H]3NC(C)=O)[C@H](O)[C@H](O[C@H]3[C@H](O)[C@@H](NC(C)=O)[C@H](O[C@H]4[C@H](O)[C@@H](NC(C)=O)[C@H](O)O[C@@H]4CO)O[C@@H]3CO)O[C@@H]2CO[C@H]2O[C@H](CO)[C@@H](O)[C@H](O)[C@@H]2O[C@@H]2O[C@H](CO)[C@@H](O)[C@H](O)[C@H]2NC(C)=O)O[C@H](CO)[C@@H](O)[C@@H]1O. The first kappa shape index (κ1) is 106. The summed E-state index contributed by atoms with van der Waals surface area (Å²) in [4.78, 5) is 77.9. The Hall–Kier alpha value is -4.98. The zero-order valence-electron chi connectivity index (χ0n) is 69.8. The van der Waals surface area contributed by atoms with Crippen LogP contribution in [0.4, 0.5) is 0 Å². The summed E-state index contributed by atoms with van der Waals surface area (Å²) in [5.41, 5.74) is 0. The summed E-state index contributed by atoms with van der Waals surface area (Å²) in [5, 5.41) is 309. The average Bonchev–Trinajstić information content (AvgIpc) is 0.754. The van der Waals surface area contributed by atoms with Crippen LogP contribution >= 0.6 is 0 Å². The van der Waals surface area contributed by atoms with Gasteiger partial charge in [-0.1, -0.05) is 0 Å². The van der Waals surface area contributed by atoms with Gasteiger partial charge in [0.25, 0.3) is 0 Å². The van der Waals surface area contributed by atoms with Gasteiger partial charge in [0.1, 0.15) is 244 Å². The van der Waals surface area contributed by atoms with E-state index in [1.165, 1.54) is 0 Å². The van der Waals surface area contributed by atoms with Crippen LogP contribution in [0.2, 0.25) is 0 Å². The Bertz CT molecular complexity index is 3570. The van der Waals surface area contributed by atoms with Crippen molar-refractivity contribution in [1.82, 2.24) is 31.9 Å². The predicted molar refractivity (Wildman–Crippen MR) is 399 cm³/mol. The number of rotatable bonds is 34. The maximum atomic E-state index is 13.6. The molecule has 10 aliphatic heterocycles. The Morgan fingerprint density at radius 1 is 0.202 bits per heavy atom. The first-order valence-corrected chi connectivity index (χ1v) is 41.1. The van der Waals surface area contributed by atoms with Crippen molar-refractivity contribution < 1.29 is 252 Å². The first-order valence-electron chi connectivity index (χ1n) is 41.1. The fourth-order valence-corrected chi connectivity index (χ4v) is 16.7. The average molecular weight is 1890 g/mol. The van der Waals surface area contributed by atoms with E-state index < -0.39 is 408 Å². The normalized spacial score (nSPS) is 47.5. The van der Waals surface area contributed by atoms with Gasteiger partial charge in [-0.25, -0.2) is 0 Å². The van der Waals surface area contributed by atoms with Crippen molar-refractivity contribution >= 4 is 35.4 Å². The third kappa shape index (κ3) is 24.0. The molecule has 57 nitrogen and oxygen atoms in total. The number of nitrogens with one attached hydrogen (secondary N) is 6. The van der Waals surface area contributed by atoms with E-state index in [0.717, 1.165) is 41.5 Å². The van der Waals surface area contributed by atoms with Crippen molar-refractivity contribution in [3.8, 4) is 0 Å². The Labute approximate surface area is 731 Å². The van der Waals surface area contributed by atoms with Crippen LogP contribution in [-0.4, -0.2) is 541 Å². The minimum atomic E-state index is -2.85. The van der Waals surface area contributed by atoms with E-state index in [1.807, 2.05) is 0 Å². The molecule has 0 radical (unpaired) electrons. The number of carbonyl (C=O) groups excluding carboxylic acids is 6. The van der Waals surface area contributed by atoms with Crippen molar-refractivity contribution in [1.29, 1.82) is 0 Å². The van der Waals surface area contributed by atoms with Crippen LogP contribution in [0.15, 0.2) is 0 Å². The molecule has 10 fully saturated rings. The molecule has 0 spiro atoms. The predicted octanol–water partition coefficient (Wildman–Crippen LogP) is -21.9. The van der Waals surface area contributed by atoms with E-state index in [0.29, 0.717) is 0 Å². The van der Waals surface area contributed by atoms with E-state index in [-0.39, 0.29) is 0 Å². The molecule has 6 amide bonds. The molecule has 0 bridgehead atoms. The largest absolute Gasteiger partial charge is 0.394 e. The quantitative estimate of drug-likeness (QED) is 0.0284. The van der Waals surface area contributed by atoms with Crippen molar-refractivity contribution in [3.05, 3.63) is 0 Å². The number of carbonyl (C=O) groups is 6. The number of hydrogen-bond acceptors (Lipinski definition) is 51. The number of hydrogen-bond donors (Lipinski definition) is 32. The zero-order valence-corrected chi connectivity index (χ0v) is 69.8. The van der Waals surface area contributed by atoms with Gasteiger partial charge in [-0.05, 0) is 0 Å². The van der Waals surface area contributed by atoms with Crippen LogP contribution < -0.4 is 31.9 Å². The molecule has 0 aromatic carbocycles. The van der Waals surface area contributed by atoms with E-state index in [1.54, 1.807) is 0 Å². The molecule has 10 saturated heterocycles. The second-order valence-electron chi connectivity index (χ2n) is 32.4. The van der Waals surface area contributed by atoms with Gasteiger partial charge < -0.3 is 255 Å². The number of aliphatic hydroxyl groups is 26. The highest BCUT2D eigenvalue weighted by Crippen LogP contribution is 2.42. The van der Waals surface area contributed by atoms with E-state index in [4.69, 9.17) is 90.0 Å². The molecule has 10 heterocycles. The van der Waals surface area contributed by atoms with Crippen molar-refractivity contribution in [2.75, 3.05) is 66.1 Å². The van der Waals surface area contributed by atoms with Crippen LogP contribution in [-0.2, 0) is 119 Å². The van der Waals surface area contributed by atoms with Gasteiger partial charge in [0, 0.05) is 41.5 Å². The Morgan fingerprint density at radius 2 is 0.434 bits per heavy atom. The maximum Gasteiger partial charge on any atom is 0.217 e. The standard InChI is InChI=1S/C72H120N6O51/c1-17(88)73-33-47(102)55(28(12-84)112-63(33)110)122-67-37(77-21(5)92)48(103)57(30(14-86)118-67)125-70-54(109)60(59(126-65-35(75-19(3)90)45(100)40(95)24(8-80)114-65)32(121-70)16-111-71-61(51(106)43(98)27(11-83)117-71)128-66-36(76-20(4)91)46(101)41(96)25(9-81)115-66)127-72-62(53(108)58(31(15-87)120-72)123-64-34(74-18(2)89)44(99)39(94)23(7-79)113-64)129-68-38(78-22(6)93)49(104)56(29(13-85)119-68)124-69-52(107)50(105)42(97)26(10-82)116-69/h23-72,79-87,94-110H,7-16H2,1-6H3,(H,73,88)(H,74,89)(H,75,90)(H,76,91)(H,77,92)(H,78,93)/t23-,24-,25-,26-,27-,28-,29-,30-,31-,32-,33-,34-,35+,36-,37-,38-,39-,40-,41-,42+,43-,44-,45-,46-,47-,48-,49-,50+,51+,52-,53+,54+,55-,56-,57-,58-,59-,60-,61+,62+,63-,64+,65+,66+,67+,68+,69+,70+,71+,72-/m1/s1. The summed E-state index contributed by atoms with van der Waals surface area (Å²) in [6.07, 6.45) is -97.4. The van der Waals surface area contributed by atoms with Crippen molar-refractivity contribution in [3.63, 3.8) is 0 Å². The Kier molecular flexibility index (Phi) is 38.4. The fourth-order valence-electron chi connectivity index (χ4n) is 16.7. The van der Waals surface area contributed by atoms with Gasteiger partial charge in [-0.2, -0.15) is 0 Å². The maximum absolute atomic E-state index is 13.6. The number of ether oxygens (including phenoxy) is 19. The topological polar surface area (TPSA) is 876 Å². The molecule has 0 aliphatic carbocycles. The lowest BCUT2D eigenvalue weighted by molar-refractivity contribution is -0.413. The van der Waals surface area contributed by atoms with Crippen LogP contribution in [0.5, 0.6) is 0 Å². The minimum absolute atomic E-state index is 0.832. The highest BCUT2D eigenvalue weighted by atomic mass is 16.8. The van der Waals surface area contributed by atoms with Gasteiger partial charge >= 0.3 is 0 Å². The monoisotopic (exact) mass is 1880 g/mol. The lowest BCUT2D eigenvalue weighted by Crippen LogP contribution is -2.72. The summed E-state index contributed by atoms with van der Waals surface area (Å²) in [6.45, 7) is -6.47. The van der Waals surface area contributed by atoms with Crippen LogP contribution in [0, 0.1) is 0 Å². The summed E-state index contributed by atoms with van der Waals surface area (Å²) in [7, 11) is 0. The smallest absolute Gasteiger partial charge is 0.217 e. The molecule has 0 unspecified atom stereocenters. The molecule has 50 atom stereocenters. The van der Waals surface area contributed by atoms with Crippen LogP contribution in [0.1, 0.15) is 41.5 Å². The molecule has 10 aliphatic rings. The lowest BCUT2D eigenvalue weighted by Gasteiger charge is -2.53. The molecule has 0 saturated carbocycles. The van der Waals surface area contributed by atoms with Crippen LogP contribution in [0.3, 0.4) is 0 Å². The summed E-state index contributed by atoms with van der Waals surface area (Å²) >= 11 is 0. The third-order valence-electron chi connectivity index (χ3n) is 23.3. The molecule has 57 heteroatoms. The molecular weight excluding hydrogens is 1760 g/mol. The van der Waals surface area contributed by atoms with E-state index in [9.17, 15) is 162 Å². The summed E-state index contributed by atoms with van der Waals surface area (Å²) < 4.78 is 117. The lowest BCUT2D eigenvalue weighted by atomic mass is 9.93. The molecule has 0 aromatic rings. The Morgan fingerprint density at radius 3 is 0.791 bits per heavy atom. The number of aliphatic hydroxyl groups excluding tert-OH is 26. The van der Waals surface area contributed by atoms with Crippen molar-refractivity contribution in [2.45, 2.75) is 348 Å². The van der Waals surface area contributed by atoms with E-state index >= 15 is 0 Å². The summed E-state index contributed by atoms with van der Waals surface area (Å²) in [5.74, 6) is -5.80. The first-order chi connectivity index (χ1) is 61.0. The Balaban J connectivity index is 1.15. The van der Waals surface area contributed by atoms with Gasteiger partial charge in [-0.3, -0.25) is 28.8 Å². The minimum Gasteiger partial charge on any atom is -0.394 e. The van der Waals surface area contributed by atoms with Gasteiger partial charge in [0.2, 0.25) is 35.4 Å². The van der Waals surface area contributed by atoms with Gasteiger partial charge in [0.15, 0.2) is 62.9 Å².